The molecule has 1 aliphatic heterocycles. The van der Waals surface area contributed by atoms with Gasteiger partial charge in [0.1, 0.15) is 23.2 Å². The van der Waals surface area contributed by atoms with Crippen molar-refractivity contribution in [3.05, 3.63) is 59.4 Å². The quantitative estimate of drug-likeness (QED) is 0.489. The number of methoxy groups -OCH3 is 2. The Morgan fingerprint density at radius 3 is 2.29 bits per heavy atom. The van der Waals surface area contributed by atoms with Crippen molar-refractivity contribution in [3.8, 4) is 11.5 Å². The Hall–Kier alpha value is -3.34. The van der Waals surface area contributed by atoms with Gasteiger partial charge in [-0.2, -0.15) is 13.2 Å². The number of amides is 2. The van der Waals surface area contributed by atoms with Crippen LogP contribution in [0.1, 0.15) is 22.0 Å². The molecule has 1 aliphatic rings. The van der Waals surface area contributed by atoms with Crippen molar-refractivity contribution in [2.24, 2.45) is 5.92 Å². The lowest BCUT2D eigenvalue weighted by atomic mass is 9.77. The van der Waals surface area contributed by atoms with E-state index >= 15 is 0 Å². The fourth-order valence-electron chi connectivity index (χ4n) is 3.47. The van der Waals surface area contributed by atoms with Gasteiger partial charge in [-0.3, -0.25) is 4.79 Å². The number of aliphatic hydroxyl groups is 1. The van der Waals surface area contributed by atoms with Crippen LogP contribution in [0, 0.1) is 11.7 Å². The number of ketones is 1. The third-order valence-electron chi connectivity index (χ3n) is 4.99. The van der Waals surface area contributed by atoms with Crippen LogP contribution in [-0.4, -0.2) is 43.0 Å². The zero-order valence-electron chi connectivity index (χ0n) is 16.3. The Labute approximate surface area is 174 Å². The maximum absolute atomic E-state index is 13.9. The summed E-state index contributed by atoms with van der Waals surface area (Å²) in [4.78, 5) is 25.3. The van der Waals surface area contributed by atoms with Crippen molar-refractivity contribution >= 4 is 11.8 Å². The predicted octanol–water partition coefficient (Wildman–Crippen LogP) is 2.95. The fraction of sp³-hybridized carbons (Fsp3) is 0.300. The van der Waals surface area contributed by atoms with Gasteiger partial charge in [-0.05, 0) is 42.5 Å². The monoisotopic (exact) mass is 442 g/mol. The molecule has 1 fully saturated rings. The number of urea groups is 1. The molecule has 0 saturated carbocycles. The number of Topliss-reactive ketones (excluding diaryl/α,β-unsaturated/α-hetero) is 1. The molecule has 0 aromatic heterocycles. The van der Waals surface area contributed by atoms with Gasteiger partial charge in [-0.1, -0.05) is 0 Å². The zero-order chi connectivity index (χ0) is 23.0. The van der Waals surface area contributed by atoms with Crippen molar-refractivity contribution in [1.29, 1.82) is 0 Å². The molecular weight excluding hydrogens is 424 g/mol. The Morgan fingerprint density at radius 1 is 1.10 bits per heavy atom. The largest absolute Gasteiger partial charge is 0.497 e. The summed E-state index contributed by atoms with van der Waals surface area (Å²) in [5, 5.41) is 14.3. The Bertz CT molecular complexity index is 996. The normalized spacial score (nSPS) is 23.5. The summed E-state index contributed by atoms with van der Waals surface area (Å²) in [7, 11) is 2.57. The third-order valence-corrected chi connectivity index (χ3v) is 4.99. The zero-order valence-corrected chi connectivity index (χ0v) is 16.3. The van der Waals surface area contributed by atoms with Crippen molar-refractivity contribution in [2.45, 2.75) is 17.9 Å². The third kappa shape index (κ3) is 4.00. The number of carbonyl (C=O) groups is 2. The molecule has 7 nitrogen and oxygen atoms in total. The van der Waals surface area contributed by atoms with Gasteiger partial charge in [0.2, 0.25) is 5.72 Å². The minimum absolute atomic E-state index is 0.0279. The minimum atomic E-state index is -5.42. The van der Waals surface area contributed by atoms with Crippen molar-refractivity contribution in [3.63, 3.8) is 0 Å². The highest BCUT2D eigenvalue weighted by Gasteiger charge is 2.66. The van der Waals surface area contributed by atoms with E-state index in [1.807, 2.05) is 0 Å². The van der Waals surface area contributed by atoms with Crippen LogP contribution in [0.15, 0.2) is 42.5 Å². The second-order valence-electron chi connectivity index (χ2n) is 6.80. The average Bonchev–Trinajstić information content (AvgIpc) is 2.72. The van der Waals surface area contributed by atoms with E-state index in [0.29, 0.717) is 0 Å². The van der Waals surface area contributed by atoms with Crippen LogP contribution in [0.3, 0.4) is 0 Å². The molecule has 31 heavy (non-hydrogen) atoms. The van der Waals surface area contributed by atoms with E-state index in [4.69, 9.17) is 9.47 Å². The number of alkyl halides is 3. The lowest BCUT2D eigenvalue weighted by Crippen LogP contribution is -2.72. The molecule has 0 aliphatic carbocycles. The highest BCUT2D eigenvalue weighted by atomic mass is 19.4. The summed E-state index contributed by atoms with van der Waals surface area (Å²) < 4.78 is 65.4. The summed E-state index contributed by atoms with van der Waals surface area (Å²) in [5.74, 6) is -3.90. The topological polar surface area (TPSA) is 96.9 Å². The van der Waals surface area contributed by atoms with Crippen LogP contribution >= 0.6 is 0 Å². The lowest BCUT2D eigenvalue weighted by molar-refractivity contribution is -0.287. The van der Waals surface area contributed by atoms with Crippen molar-refractivity contribution < 1.29 is 41.7 Å². The van der Waals surface area contributed by atoms with E-state index in [0.717, 1.165) is 24.3 Å². The van der Waals surface area contributed by atoms with Crippen LogP contribution < -0.4 is 20.1 Å². The number of ether oxygens (including phenoxy) is 2. The van der Waals surface area contributed by atoms with E-state index in [2.05, 4.69) is 5.32 Å². The molecule has 1 heterocycles. The molecule has 3 atom stereocenters. The first kappa shape index (κ1) is 22.3. The maximum atomic E-state index is 13.9. The predicted molar refractivity (Wildman–Crippen MR) is 99.2 cm³/mol. The van der Waals surface area contributed by atoms with Crippen LogP contribution in [0.4, 0.5) is 22.4 Å². The standard InChI is InChI=1S/C20H18F4N2O5/c1-30-12-7-8-14(31-2)13(9-12)16-15(17(27)10-3-5-11(21)6-4-10)19(29,20(22,23)24)26-18(28)25-16/h3-9,15-16,29H,1-2H3,(H2,25,26,28)/t15-,16-,19+/m1/s1. The number of halogens is 4. The summed E-state index contributed by atoms with van der Waals surface area (Å²) in [6, 6.07) is 4.91. The SMILES string of the molecule is COc1ccc(OC)c([C@H]2NC(=O)N[C@@](O)(C(F)(F)F)[C@H]2C(=O)c2ccc(F)cc2)c1. The number of nitrogens with one attached hydrogen (secondary N) is 2. The van der Waals surface area contributed by atoms with E-state index in [9.17, 15) is 32.3 Å². The maximum Gasteiger partial charge on any atom is 0.437 e. The Kier molecular flexibility index (Phi) is 5.81. The molecule has 2 amide bonds. The highest BCUT2D eigenvalue weighted by Crippen LogP contribution is 2.46. The highest BCUT2D eigenvalue weighted by molar-refractivity contribution is 6.00. The number of hydrogen-bond acceptors (Lipinski definition) is 5. The number of benzene rings is 2. The minimum Gasteiger partial charge on any atom is -0.497 e. The molecule has 11 heteroatoms. The van der Waals surface area contributed by atoms with Gasteiger partial charge in [0.15, 0.2) is 5.78 Å². The lowest BCUT2D eigenvalue weighted by Gasteiger charge is -2.45. The first-order valence-corrected chi connectivity index (χ1v) is 8.91. The smallest absolute Gasteiger partial charge is 0.437 e. The summed E-state index contributed by atoms with van der Waals surface area (Å²) >= 11 is 0. The number of carbonyl (C=O) groups excluding carboxylic acids is 2. The average molecular weight is 442 g/mol. The van der Waals surface area contributed by atoms with E-state index < -0.39 is 41.5 Å². The fourth-order valence-corrected chi connectivity index (χ4v) is 3.47. The molecule has 2 aromatic rings. The van der Waals surface area contributed by atoms with Gasteiger partial charge < -0.3 is 25.2 Å². The van der Waals surface area contributed by atoms with Gasteiger partial charge >= 0.3 is 12.2 Å². The van der Waals surface area contributed by atoms with E-state index in [-0.39, 0.29) is 22.6 Å². The van der Waals surface area contributed by atoms with Gasteiger partial charge in [0, 0.05) is 11.1 Å². The molecule has 3 rings (SSSR count). The molecule has 2 aromatic carbocycles. The molecule has 3 N–H and O–H groups in total. The van der Waals surface area contributed by atoms with Gasteiger partial charge in [0.05, 0.1) is 20.3 Å². The molecular formula is C20H18F4N2O5. The van der Waals surface area contributed by atoms with Gasteiger partial charge in [0.25, 0.3) is 0 Å². The van der Waals surface area contributed by atoms with Crippen LogP contribution in [-0.2, 0) is 0 Å². The van der Waals surface area contributed by atoms with Crippen LogP contribution in [0.5, 0.6) is 11.5 Å². The molecule has 0 unspecified atom stereocenters. The first-order chi connectivity index (χ1) is 14.5. The van der Waals surface area contributed by atoms with Crippen LogP contribution in [0.2, 0.25) is 0 Å². The summed E-state index contributed by atoms with van der Waals surface area (Å²) in [6.07, 6.45) is -5.42. The van der Waals surface area contributed by atoms with E-state index in [1.165, 1.54) is 37.7 Å². The summed E-state index contributed by atoms with van der Waals surface area (Å²) in [6.45, 7) is 0. The van der Waals surface area contributed by atoms with Crippen molar-refractivity contribution in [2.75, 3.05) is 14.2 Å². The van der Waals surface area contributed by atoms with Gasteiger partial charge in [-0.25, -0.2) is 9.18 Å². The van der Waals surface area contributed by atoms with Gasteiger partial charge in [-0.15, -0.1) is 0 Å². The number of rotatable bonds is 5. The second-order valence-corrected chi connectivity index (χ2v) is 6.80. The van der Waals surface area contributed by atoms with Crippen molar-refractivity contribution in [1.82, 2.24) is 10.6 Å². The molecule has 0 bridgehead atoms. The molecule has 0 spiro atoms. The van der Waals surface area contributed by atoms with Crippen LogP contribution in [0.25, 0.3) is 0 Å². The number of hydrogen-bond donors (Lipinski definition) is 3. The molecule has 1 saturated heterocycles. The Morgan fingerprint density at radius 2 is 1.74 bits per heavy atom. The molecule has 0 radical (unpaired) electrons. The second kappa shape index (κ2) is 8.06. The summed E-state index contributed by atoms with van der Waals surface area (Å²) in [5.41, 5.74) is -4.24. The molecule has 166 valence electrons. The van der Waals surface area contributed by atoms with E-state index in [1.54, 1.807) is 0 Å². The Balaban J connectivity index is 2.23. The first-order valence-electron chi connectivity index (χ1n) is 8.91.